The van der Waals surface area contributed by atoms with Crippen molar-refractivity contribution >= 4 is 27.9 Å². The molecule has 4 heteroatoms. The van der Waals surface area contributed by atoms with Gasteiger partial charge < -0.3 is 10.0 Å². The summed E-state index contributed by atoms with van der Waals surface area (Å²) in [5.74, 6) is -0.133. The Hall–Kier alpha value is -1.13. The number of carbonyl (C=O) groups excluding carboxylic acids is 1. The van der Waals surface area contributed by atoms with Crippen LogP contribution in [0.2, 0.25) is 0 Å². The average Bonchev–Trinajstić information content (AvgIpc) is 2.36. The van der Waals surface area contributed by atoms with Crippen LogP contribution in [0.5, 0.6) is 0 Å². The third kappa shape index (κ3) is 4.18. The molecule has 0 aliphatic heterocycles. The topological polar surface area (TPSA) is 40.5 Å². The summed E-state index contributed by atoms with van der Waals surface area (Å²) in [7, 11) is 1.69. The lowest BCUT2D eigenvalue weighted by molar-refractivity contribution is -0.130. The van der Waals surface area contributed by atoms with Crippen molar-refractivity contribution in [2.24, 2.45) is 0 Å². The number of likely N-dealkylation sites (N-methyl/N-ethyl adjacent to an activating group) is 1. The van der Waals surface area contributed by atoms with Gasteiger partial charge in [-0.25, -0.2) is 0 Å². The Bertz CT molecular complexity index is 495. The standard InChI is InChI=1S/C15H20BrNO2/c1-11-5-6-12(13(16)9-11)7-8-14(19)17(4)15(2,3)10-18/h5-9,18H,10H2,1-4H3/b8-7+. The number of hydrogen-bond acceptors (Lipinski definition) is 2. The van der Waals surface area contributed by atoms with Crippen LogP contribution in [0.25, 0.3) is 6.08 Å². The molecule has 1 N–H and O–H groups in total. The van der Waals surface area contributed by atoms with Crippen LogP contribution >= 0.6 is 15.9 Å². The highest BCUT2D eigenvalue weighted by Gasteiger charge is 2.25. The summed E-state index contributed by atoms with van der Waals surface area (Å²) in [5, 5.41) is 9.25. The molecule has 0 spiro atoms. The fourth-order valence-electron chi connectivity index (χ4n) is 1.44. The minimum Gasteiger partial charge on any atom is -0.394 e. The number of halogens is 1. The minimum atomic E-state index is -0.564. The van der Waals surface area contributed by atoms with Gasteiger partial charge in [0.25, 0.3) is 0 Å². The van der Waals surface area contributed by atoms with E-state index in [4.69, 9.17) is 0 Å². The van der Waals surface area contributed by atoms with Crippen molar-refractivity contribution in [3.05, 3.63) is 39.9 Å². The Morgan fingerprint density at radius 1 is 1.47 bits per heavy atom. The molecule has 0 fully saturated rings. The highest BCUT2D eigenvalue weighted by atomic mass is 79.9. The number of benzene rings is 1. The van der Waals surface area contributed by atoms with E-state index >= 15 is 0 Å². The van der Waals surface area contributed by atoms with Gasteiger partial charge in [0.1, 0.15) is 0 Å². The first-order valence-corrected chi connectivity index (χ1v) is 6.90. The highest BCUT2D eigenvalue weighted by molar-refractivity contribution is 9.10. The second-order valence-electron chi connectivity index (χ2n) is 5.23. The van der Waals surface area contributed by atoms with Gasteiger partial charge in [0.15, 0.2) is 0 Å². The van der Waals surface area contributed by atoms with Gasteiger partial charge in [0.2, 0.25) is 5.91 Å². The van der Waals surface area contributed by atoms with E-state index in [9.17, 15) is 9.90 Å². The molecule has 104 valence electrons. The molecule has 0 radical (unpaired) electrons. The van der Waals surface area contributed by atoms with E-state index in [1.807, 2.05) is 39.0 Å². The molecule has 3 nitrogen and oxygen atoms in total. The average molecular weight is 326 g/mol. The maximum Gasteiger partial charge on any atom is 0.246 e. The summed E-state index contributed by atoms with van der Waals surface area (Å²) in [6.07, 6.45) is 3.29. The Balaban J connectivity index is 2.84. The van der Waals surface area contributed by atoms with E-state index in [1.165, 1.54) is 11.0 Å². The predicted molar refractivity (Wildman–Crippen MR) is 81.8 cm³/mol. The fourth-order valence-corrected chi connectivity index (χ4v) is 2.07. The van der Waals surface area contributed by atoms with Crippen LogP contribution in [0.3, 0.4) is 0 Å². The van der Waals surface area contributed by atoms with Gasteiger partial charge in [-0.05, 0) is 44.0 Å². The minimum absolute atomic E-state index is 0.0721. The van der Waals surface area contributed by atoms with Crippen molar-refractivity contribution in [1.82, 2.24) is 4.90 Å². The molecular formula is C15H20BrNO2. The van der Waals surface area contributed by atoms with Crippen LogP contribution in [0.1, 0.15) is 25.0 Å². The van der Waals surface area contributed by atoms with Gasteiger partial charge in [-0.3, -0.25) is 4.79 Å². The van der Waals surface area contributed by atoms with Crippen molar-refractivity contribution in [2.45, 2.75) is 26.3 Å². The molecule has 1 rings (SSSR count). The van der Waals surface area contributed by atoms with E-state index in [1.54, 1.807) is 13.1 Å². The van der Waals surface area contributed by atoms with Crippen LogP contribution in [0, 0.1) is 6.92 Å². The number of carbonyl (C=O) groups is 1. The van der Waals surface area contributed by atoms with E-state index < -0.39 is 5.54 Å². The van der Waals surface area contributed by atoms with Gasteiger partial charge >= 0.3 is 0 Å². The first-order valence-electron chi connectivity index (χ1n) is 6.11. The second kappa shape index (κ2) is 6.35. The maximum absolute atomic E-state index is 12.0. The first-order chi connectivity index (χ1) is 8.77. The van der Waals surface area contributed by atoms with Crippen molar-refractivity contribution in [3.63, 3.8) is 0 Å². The van der Waals surface area contributed by atoms with E-state index in [0.29, 0.717) is 0 Å². The van der Waals surface area contributed by atoms with Crippen molar-refractivity contribution in [1.29, 1.82) is 0 Å². The quantitative estimate of drug-likeness (QED) is 0.864. The molecule has 0 aromatic heterocycles. The SMILES string of the molecule is Cc1ccc(/C=C/C(=O)N(C)C(C)(C)CO)c(Br)c1. The van der Waals surface area contributed by atoms with Crippen molar-refractivity contribution in [2.75, 3.05) is 13.7 Å². The Morgan fingerprint density at radius 2 is 2.11 bits per heavy atom. The lowest BCUT2D eigenvalue weighted by atomic mass is 10.1. The Morgan fingerprint density at radius 3 is 2.63 bits per heavy atom. The summed E-state index contributed by atoms with van der Waals surface area (Å²) in [5.41, 5.74) is 1.55. The highest BCUT2D eigenvalue weighted by Crippen LogP contribution is 2.20. The lowest BCUT2D eigenvalue weighted by Gasteiger charge is -2.33. The summed E-state index contributed by atoms with van der Waals surface area (Å²) >= 11 is 3.47. The number of hydrogen-bond donors (Lipinski definition) is 1. The van der Waals surface area contributed by atoms with Crippen LogP contribution in [-0.2, 0) is 4.79 Å². The first kappa shape index (κ1) is 15.9. The van der Waals surface area contributed by atoms with Crippen LogP contribution < -0.4 is 0 Å². The summed E-state index contributed by atoms with van der Waals surface area (Å²) < 4.78 is 0.959. The van der Waals surface area contributed by atoms with E-state index in [2.05, 4.69) is 15.9 Å². The number of aliphatic hydroxyl groups excluding tert-OH is 1. The van der Waals surface area contributed by atoms with Crippen LogP contribution in [0.4, 0.5) is 0 Å². The molecular weight excluding hydrogens is 306 g/mol. The van der Waals surface area contributed by atoms with Gasteiger partial charge in [0, 0.05) is 17.6 Å². The Labute approximate surface area is 123 Å². The third-order valence-corrected chi connectivity index (χ3v) is 3.87. The summed E-state index contributed by atoms with van der Waals surface area (Å²) in [6, 6.07) is 5.96. The van der Waals surface area contributed by atoms with E-state index in [-0.39, 0.29) is 12.5 Å². The molecule has 1 aromatic carbocycles. The molecule has 0 atom stereocenters. The largest absolute Gasteiger partial charge is 0.394 e. The monoisotopic (exact) mass is 325 g/mol. The number of aliphatic hydroxyl groups is 1. The van der Waals surface area contributed by atoms with Gasteiger partial charge in [0.05, 0.1) is 12.1 Å². The van der Waals surface area contributed by atoms with Gasteiger partial charge in [-0.1, -0.05) is 28.1 Å². The molecule has 1 aromatic rings. The zero-order chi connectivity index (χ0) is 14.6. The van der Waals surface area contributed by atoms with Gasteiger partial charge in [-0.2, -0.15) is 0 Å². The Kier molecular flexibility index (Phi) is 5.32. The number of nitrogens with zero attached hydrogens (tertiary/aromatic N) is 1. The van der Waals surface area contributed by atoms with E-state index in [0.717, 1.165) is 15.6 Å². The number of aryl methyl sites for hydroxylation is 1. The molecule has 0 aliphatic carbocycles. The third-order valence-electron chi connectivity index (χ3n) is 3.19. The molecule has 0 bridgehead atoms. The lowest BCUT2D eigenvalue weighted by Crippen LogP contribution is -2.47. The van der Waals surface area contributed by atoms with Crippen LogP contribution in [-0.4, -0.2) is 35.1 Å². The zero-order valence-corrected chi connectivity index (χ0v) is 13.4. The molecule has 0 heterocycles. The normalized spacial score (nSPS) is 11.9. The number of rotatable bonds is 4. The van der Waals surface area contributed by atoms with Gasteiger partial charge in [-0.15, -0.1) is 0 Å². The molecule has 0 saturated heterocycles. The zero-order valence-electron chi connectivity index (χ0n) is 11.8. The summed E-state index contributed by atoms with van der Waals surface area (Å²) in [6.45, 7) is 5.58. The maximum atomic E-state index is 12.0. The molecule has 1 amide bonds. The molecule has 19 heavy (non-hydrogen) atoms. The molecule has 0 aliphatic rings. The smallest absolute Gasteiger partial charge is 0.246 e. The number of amides is 1. The van der Waals surface area contributed by atoms with Crippen molar-refractivity contribution in [3.8, 4) is 0 Å². The molecule has 0 saturated carbocycles. The van der Waals surface area contributed by atoms with Crippen molar-refractivity contribution < 1.29 is 9.90 Å². The van der Waals surface area contributed by atoms with Crippen LogP contribution in [0.15, 0.2) is 28.7 Å². The summed E-state index contributed by atoms with van der Waals surface area (Å²) in [4.78, 5) is 13.5. The predicted octanol–water partition coefficient (Wildman–Crippen LogP) is 3.00. The second-order valence-corrected chi connectivity index (χ2v) is 6.08. The molecule has 0 unspecified atom stereocenters. The fraction of sp³-hybridized carbons (Fsp3) is 0.400.